The highest BCUT2D eigenvalue weighted by atomic mass is 16.5. The zero-order valence-electron chi connectivity index (χ0n) is 15.8. The number of ether oxygens (including phenoxy) is 2. The Labute approximate surface area is 156 Å². The molecule has 0 unspecified atom stereocenters. The van der Waals surface area contributed by atoms with Crippen LogP contribution in [0.3, 0.4) is 0 Å². The number of amides is 2. The van der Waals surface area contributed by atoms with Gasteiger partial charge in [-0.05, 0) is 12.8 Å². The van der Waals surface area contributed by atoms with Crippen LogP contribution in [0.1, 0.15) is 25.7 Å². The number of carbonyl (C=O) groups excluding carboxylic acids is 2. The van der Waals surface area contributed by atoms with E-state index in [1.807, 2.05) is 0 Å². The second-order valence-electron chi connectivity index (χ2n) is 6.89. The maximum atomic E-state index is 11.8. The Morgan fingerprint density at radius 3 is 1.42 bits per heavy atom. The van der Waals surface area contributed by atoms with Gasteiger partial charge in [-0.3, -0.25) is 19.4 Å². The van der Waals surface area contributed by atoms with Crippen LogP contribution in [0.25, 0.3) is 0 Å². The van der Waals surface area contributed by atoms with E-state index in [0.717, 1.165) is 91.4 Å². The van der Waals surface area contributed by atoms with Crippen molar-refractivity contribution >= 4 is 11.8 Å². The minimum atomic E-state index is 0.0993. The molecule has 0 aromatic rings. The van der Waals surface area contributed by atoms with Crippen LogP contribution in [0, 0.1) is 0 Å². The Bertz CT molecular complexity index is 372. The van der Waals surface area contributed by atoms with E-state index in [1.54, 1.807) is 0 Å². The lowest BCUT2D eigenvalue weighted by atomic mass is 10.2. The Balaban J connectivity index is 1.36. The van der Waals surface area contributed by atoms with Crippen molar-refractivity contribution in [1.82, 2.24) is 20.4 Å². The van der Waals surface area contributed by atoms with Crippen LogP contribution in [0.15, 0.2) is 0 Å². The average Bonchev–Trinajstić information content (AvgIpc) is 2.65. The van der Waals surface area contributed by atoms with Crippen molar-refractivity contribution < 1.29 is 19.1 Å². The van der Waals surface area contributed by atoms with Crippen LogP contribution < -0.4 is 10.6 Å². The molecule has 0 aliphatic carbocycles. The predicted octanol–water partition coefficient (Wildman–Crippen LogP) is -0.556. The molecule has 0 aromatic carbocycles. The van der Waals surface area contributed by atoms with Gasteiger partial charge in [-0.15, -0.1) is 0 Å². The summed E-state index contributed by atoms with van der Waals surface area (Å²) in [6.07, 6.45) is 4.10. The van der Waals surface area contributed by atoms with Crippen LogP contribution in [-0.4, -0.2) is 100 Å². The third kappa shape index (κ3) is 9.47. The minimum Gasteiger partial charge on any atom is -0.379 e. The van der Waals surface area contributed by atoms with Gasteiger partial charge < -0.3 is 20.1 Å². The number of hydrogen-bond donors (Lipinski definition) is 2. The van der Waals surface area contributed by atoms with E-state index in [1.165, 1.54) is 0 Å². The van der Waals surface area contributed by atoms with Crippen LogP contribution >= 0.6 is 0 Å². The molecule has 2 fully saturated rings. The van der Waals surface area contributed by atoms with Crippen LogP contribution in [0.2, 0.25) is 0 Å². The van der Waals surface area contributed by atoms with Gasteiger partial charge in [0.2, 0.25) is 11.8 Å². The Kier molecular flexibility index (Phi) is 10.6. The van der Waals surface area contributed by atoms with Crippen LogP contribution in [-0.2, 0) is 19.1 Å². The van der Waals surface area contributed by atoms with Gasteiger partial charge in [-0.25, -0.2) is 0 Å². The summed E-state index contributed by atoms with van der Waals surface area (Å²) < 4.78 is 10.5. The zero-order valence-corrected chi connectivity index (χ0v) is 15.8. The number of morpholine rings is 2. The third-order valence-corrected chi connectivity index (χ3v) is 4.69. The Morgan fingerprint density at radius 1 is 0.654 bits per heavy atom. The van der Waals surface area contributed by atoms with Gasteiger partial charge >= 0.3 is 0 Å². The molecule has 0 aromatic heterocycles. The number of unbranched alkanes of at least 4 members (excludes halogenated alkanes) is 3. The third-order valence-electron chi connectivity index (χ3n) is 4.69. The SMILES string of the molecule is O=C(CN1CCOCC1)NCCCCCCNC(=O)CN1CCOCC1. The number of hydrogen-bond acceptors (Lipinski definition) is 6. The van der Waals surface area contributed by atoms with Gasteiger partial charge in [-0.2, -0.15) is 0 Å². The van der Waals surface area contributed by atoms with Crippen molar-refractivity contribution in [1.29, 1.82) is 0 Å². The summed E-state index contributed by atoms with van der Waals surface area (Å²) in [7, 11) is 0. The van der Waals surface area contributed by atoms with E-state index >= 15 is 0 Å². The van der Waals surface area contributed by atoms with Crippen LogP contribution in [0.5, 0.6) is 0 Å². The Hall–Kier alpha value is -1.22. The normalized spacial score (nSPS) is 19.2. The molecule has 8 nitrogen and oxygen atoms in total. The molecule has 8 heteroatoms. The first-order chi connectivity index (χ1) is 12.7. The fourth-order valence-corrected chi connectivity index (χ4v) is 3.10. The highest BCUT2D eigenvalue weighted by Crippen LogP contribution is 2.00. The van der Waals surface area contributed by atoms with Gasteiger partial charge in [0.15, 0.2) is 0 Å². The molecule has 2 aliphatic heterocycles. The molecule has 2 heterocycles. The van der Waals surface area contributed by atoms with Crippen molar-refractivity contribution in [3.63, 3.8) is 0 Å². The molecular weight excluding hydrogens is 336 g/mol. The lowest BCUT2D eigenvalue weighted by molar-refractivity contribution is -0.124. The number of rotatable bonds is 11. The average molecular weight is 370 g/mol. The second kappa shape index (κ2) is 13.0. The molecule has 2 amide bonds. The summed E-state index contributed by atoms with van der Waals surface area (Å²) in [6, 6.07) is 0. The molecule has 0 radical (unpaired) electrons. The molecule has 150 valence electrons. The first-order valence-corrected chi connectivity index (χ1v) is 9.87. The largest absolute Gasteiger partial charge is 0.379 e. The molecule has 2 aliphatic rings. The van der Waals surface area contributed by atoms with Gasteiger partial charge in [0.05, 0.1) is 39.5 Å². The molecule has 2 N–H and O–H groups in total. The Morgan fingerprint density at radius 2 is 1.04 bits per heavy atom. The highest BCUT2D eigenvalue weighted by molar-refractivity contribution is 5.78. The van der Waals surface area contributed by atoms with E-state index < -0.39 is 0 Å². The lowest BCUT2D eigenvalue weighted by Crippen LogP contribution is -2.43. The van der Waals surface area contributed by atoms with E-state index in [-0.39, 0.29) is 11.8 Å². The van der Waals surface area contributed by atoms with Gasteiger partial charge in [0.1, 0.15) is 0 Å². The van der Waals surface area contributed by atoms with Crippen molar-refractivity contribution in [2.45, 2.75) is 25.7 Å². The second-order valence-corrected chi connectivity index (χ2v) is 6.89. The highest BCUT2D eigenvalue weighted by Gasteiger charge is 2.14. The van der Waals surface area contributed by atoms with Gasteiger partial charge in [0.25, 0.3) is 0 Å². The van der Waals surface area contributed by atoms with Gasteiger partial charge in [-0.1, -0.05) is 12.8 Å². The standard InChI is InChI=1S/C18H34N4O4/c23-17(15-21-7-11-25-12-8-21)19-5-3-1-2-4-6-20-18(24)16-22-9-13-26-14-10-22/h1-16H2,(H,19,23)(H,20,24). The topological polar surface area (TPSA) is 83.1 Å². The summed E-state index contributed by atoms with van der Waals surface area (Å²) in [4.78, 5) is 27.9. The van der Waals surface area contributed by atoms with Crippen LogP contribution in [0.4, 0.5) is 0 Å². The predicted molar refractivity (Wildman–Crippen MR) is 99.0 cm³/mol. The van der Waals surface area contributed by atoms with Crippen molar-refractivity contribution in [3.8, 4) is 0 Å². The molecule has 26 heavy (non-hydrogen) atoms. The fraction of sp³-hybridized carbons (Fsp3) is 0.889. The van der Waals surface area contributed by atoms with E-state index in [9.17, 15) is 9.59 Å². The maximum absolute atomic E-state index is 11.8. The fourth-order valence-electron chi connectivity index (χ4n) is 3.10. The molecule has 0 saturated carbocycles. The molecule has 2 saturated heterocycles. The number of carbonyl (C=O) groups is 2. The van der Waals surface area contributed by atoms with Gasteiger partial charge in [0, 0.05) is 39.3 Å². The molecule has 0 spiro atoms. The monoisotopic (exact) mass is 370 g/mol. The maximum Gasteiger partial charge on any atom is 0.234 e. The molecule has 0 bridgehead atoms. The van der Waals surface area contributed by atoms with E-state index in [2.05, 4.69) is 20.4 Å². The molecular formula is C18H34N4O4. The summed E-state index contributed by atoms with van der Waals surface area (Å²) >= 11 is 0. The quantitative estimate of drug-likeness (QED) is 0.475. The lowest BCUT2D eigenvalue weighted by Gasteiger charge is -2.25. The summed E-state index contributed by atoms with van der Waals surface area (Å²) in [6.45, 7) is 8.62. The van der Waals surface area contributed by atoms with Crippen molar-refractivity contribution in [2.24, 2.45) is 0 Å². The summed E-state index contributed by atoms with van der Waals surface area (Å²) in [5, 5.41) is 5.96. The van der Waals surface area contributed by atoms with E-state index in [0.29, 0.717) is 13.1 Å². The first-order valence-electron chi connectivity index (χ1n) is 9.87. The smallest absolute Gasteiger partial charge is 0.234 e. The van der Waals surface area contributed by atoms with Crippen molar-refractivity contribution in [3.05, 3.63) is 0 Å². The summed E-state index contributed by atoms with van der Waals surface area (Å²) in [5.41, 5.74) is 0. The minimum absolute atomic E-state index is 0.0993. The summed E-state index contributed by atoms with van der Waals surface area (Å²) in [5.74, 6) is 0.199. The van der Waals surface area contributed by atoms with E-state index in [4.69, 9.17) is 9.47 Å². The molecule has 0 atom stereocenters. The number of nitrogens with one attached hydrogen (secondary N) is 2. The first kappa shape index (κ1) is 21.1. The number of nitrogens with zero attached hydrogens (tertiary/aromatic N) is 2. The van der Waals surface area contributed by atoms with Crippen molar-refractivity contribution in [2.75, 3.05) is 78.8 Å². The zero-order chi connectivity index (χ0) is 18.5. The molecule has 2 rings (SSSR count).